The van der Waals surface area contributed by atoms with Crippen molar-refractivity contribution in [1.82, 2.24) is 4.90 Å². The summed E-state index contributed by atoms with van der Waals surface area (Å²) < 4.78 is 11.2. The van der Waals surface area contributed by atoms with Crippen LogP contribution in [0, 0.1) is 5.92 Å². The largest absolute Gasteiger partial charge is 0.495 e. The lowest BCUT2D eigenvalue weighted by Crippen LogP contribution is -2.41. The summed E-state index contributed by atoms with van der Waals surface area (Å²) in [6.45, 7) is 2.28. The summed E-state index contributed by atoms with van der Waals surface area (Å²) in [7, 11) is 1.59. The second-order valence-corrected chi connectivity index (χ2v) is 8.54. The van der Waals surface area contributed by atoms with E-state index in [1.54, 1.807) is 23.3 Å². The quantitative estimate of drug-likeness (QED) is 0.697. The summed E-state index contributed by atoms with van der Waals surface area (Å²) >= 11 is 1.64. The van der Waals surface area contributed by atoms with Crippen molar-refractivity contribution in [3.63, 3.8) is 0 Å². The molecule has 29 heavy (non-hydrogen) atoms. The lowest BCUT2D eigenvalue weighted by molar-refractivity contribution is -0.138. The van der Waals surface area contributed by atoms with Crippen LogP contribution in [0.2, 0.25) is 0 Å². The van der Waals surface area contributed by atoms with Crippen molar-refractivity contribution < 1.29 is 19.1 Å². The van der Waals surface area contributed by atoms with Crippen LogP contribution in [-0.2, 0) is 20.9 Å². The number of thiophene rings is 1. The minimum absolute atomic E-state index is 0.0275. The van der Waals surface area contributed by atoms with Gasteiger partial charge in [-0.2, -0.15) is 0 Å². The maximum absolute atomic E-state index is 13.4. The van der Waals surface area contributed by atoms with Crippen molar-refractivity contribution in [2.45, 2.75) is 31.9 Å². The zero-order chi connectivity index (χ0) is 20.2. The number of hydrogen-bond acceptors (Lipinski definition) is 5. The van der Waals surface area contributed by atoms with Gasteiger partial charge >= 0.3 is 0 Å². The molecule has 2 fully saturated rings. The number of carbonyl (C=O) groups excluding carboxylic acids is 2. The lowest BCUT2D eigenvalue weighted by Gasteiger charge is -2.27. The van der Waals surface area contributed by atoms with E-state index in [9.17, 15) is 9.59 Å². The van der Waals surface area contributed by atoms with Crippen LogP contribution in [-0.4, -0.2) is 49.6 Å². The number of benzene rings is 1. The molecule has 0 radical (unpaired) electrons. The van der Waals surface area contributed by atoms with Crippen LogP contribution in [0.4, 0.5) is 5.69 Å². The Morgan fingerprint density at radius 1 is 1.31 bits per heavy atom. The number of amides is 2. The highest BCUT2D eigenvalue weighted by molar-refractivity contribution is 7.09. The summed E-state index contributed by atoms with van der Waals surface area (Å²) in [6.07, 6.45) is 2.32. The maximum Gasteiger partial charge on any atom is 0.228 e. The average Bonchev–Trinajstić information content (AvgIpc) is 3.49. The molecule has 6 nitrogen and oxygen atoms in total. The van der Waals surface area contributed by atoms with E-state index in [0.29, 0.717) is 25.4 Å². The maximum atomic E-state index is 13.4. The highest BCUT2D eigenvalue weighted by Crippen LogP contribution is 2.33. The zero-order valence-corrected chi connectivity index (χ0v) is 17.4. The summed E-state index contributed by atoms with van der Waals surface area (Å²) in [5, 5.41) is 2.02. The second kappa shape index (κ2) is 8.97. The molecule has 2 aliphatic rings. The topological polar surface area (TPSA) is 59.1 Å². The SMILES string of the molecule is COc1ccccc1N1CC(C(=O)N(Cc2cccs2)CC2CCCO2)CC1=O. The Bertz CT molecular complexity index is 848. The van der Waals surface area contributed by atoms with Gasteiger partial charge in [0.05, 0.1) is 31.4 Å². The van der Waals surface area contributed by atoms with Crippen LogP contribution < -0.4 is 9.64 Å². The highest BCUT2D eigenvalue weighted by atomic mass is 32.1. The molecule has 2 amide bonds. The van der Waals surface area contributed by atoms with E-state index in [1.165, 1.54) is 0 Å². The number of methoxy groups -OCH3 is 1. The molecule has 2 unspecified atom stereocenters. The number of anilines is 1. The van der Waals surface area contributed by atoms with Crippen molar-refractivity contribution in [2.24, 2.45) is 5.92 Å². The first-order valence-corrected chi connectivity index (χ1v) is 10.9. The summed E-state index contributed by atoms with van der Waals surface area (Å²) in [6, 6.07) is 11.5. The molecular formula is C22H26N2O4S. The Morgan fingerprint density at radius 3 is 2.90 bits per heavy atom. The Morgan fingerprint density at radius 2 is 2.17 bits per heavy atom. The van der Waals surface area contributed by atoms with Gasteiger partial charge in [0, 0.05) is 31.0 Å². The van der Waals surface area contributed by atoms with Gasteiger partial charge in [-0.15, -0.1) is 11.3 Å². The Labute approximate surface area is 175 Å². The van der Waals surface area contributed by atoms with E-state index < -0.39 is 0 Å². The molecule has 2 aromatic rings. The van der Waals surface area contributed by atoms with E-state index in [1.807, 2.05) is 46.7 Å². The molecule has 0 saturated carbocycles. The third kappa shape index (κ3) is 4.46. The fourth-order valence-corrected chi connectivity index (χ4v) is 4.79. The smallest absolute Gasteiger partial charge is 0.228 e. The molecule has 154 valence electrons. The molecule has 0 bridgehead atoms. The standard InChI is InChI=1S/C22H26N2O4S/c1-27-20-9-3-2-8-19(20)24-13-16(12-21(24)25)22(26)23(14-17-6-4-10-28-17)15-18-7-5-11-29-18/h2-3,5,7-9,11,16-17H,4,6,10,12-15H2,1H3. The third-order valence-electron chi connectivity index (χ3n) is 5.54. The Kier molecular flexibility index (Phi) is 6.16. The Balaban J connectivity index is 1.50. The molecule has 0 spiro atoms. The van der Waals surface area contributed by atoms with Crippen LogP contribution in [0.25, 0.3) is 0 Å². The van der Waals surface area contributed by atoms with Crippen molar-refractivity contribution in [1.29, 1.82) is 0 Å². The van der Waals surface area contributed by atoms with Gasteiger partial charge in [0.25, 0.3) is 0 Å². The van der Waals surface area contributed by atoms with Crippen LogP contribution in [0.3, 0.4) is 0 Å². The predicted octanol–water partition coefficient (Wildman–Crippen LogP) is 3.32. The normalized spacial score (nSPS) is 21.6. The van der Waals surface area contributed by atoms with Crippen LogP contribution in [0.15, 0.2) is 41.8 Å². The van der Waals surface area contributed by atoms with Gasteiger partial charge in [0.1, 0.15) is 5.75 Å². The molecule has 2 saturated heterocycles. The van der Waals surface area contributed by atoms with E-state index in [0.717, 1.165) is 30.0 Å². The van der Waals surface area contributed by atoms with Gasteiger partial charge in [-0.05, 0) is 36.4 Å². The molecular weight excluding hydrogens is 388 g/mol. The monoisotopic (exact) mass is 414 g/mol. The highest BCUT2D eigenvalue weighted by Gasteiger charge is 2.38. The number of rotatable bonds is 7. The second-order valence-electron chi connectivity index (χ2n) is 7.51. The van der Waals surface area contributed by atoms with E-state index in [2.05, 4.69) is 0 Å². The van der Waals surface area contributed by atoms with Gasteiger partial charge in [-0.3, -0.25) is 9.59 Å². The molecule has 1 aromatic carbocycles. The van der Waals surface area contributed by atoms with Crippen molar-refractivity contribution in [3.05, 3.63) is 46.7 Å². The molecule has 4 rings (SSSR count). The lowest BCUT2D eigenvalue weighted by atomic mass is 10.1. The predicted molar refractivity (Wildman–Crippen MR) is 112 cm³/mol. The summed E-state index contributed by atoms with van der Waals surface area (Å²) in [5.74, 6) is 0.276. The third-order valence-corrected chi connectivity index (χ3v) is 6.40. The van der Waals surface area contributed by atoms with Gasteiger partial charge < -0.3 is 19.3 Å². The molecule has 7 heteroatoms. The molecule has 0 N–H and O–H groups in total. The molecule has 3 heterocycles. The minimum Gasteiger partial charge on any atom is -0.495 e. The first-order chi connectivity index (χ1) is 14.2. The van der Waals surface area contributed by atoms with E-state index in [4.69, 9.17) is 9.47 Å². The minimum atomic E-state index is -0.353. The van der Waals surface area contributed by atoms with Crippen molar-refractivity contribution in [2.75, 3.05) is 31.7 Å². The molecule has 0 aliphatic carbocycles. The van der Waals surface area contributed by atoms with E-state index in [-0.39, 0.29) is 30.3 Å². The fourth-order valence-electron chi connectivity index (χ4n) is 4.07. The molecule has 2 aliphatic heterocycles. The van der Waals surface area contributed by atoms with E-state index >= 15 is 0 Å². The Hall–Kier alpha value is -2.38. The van der Waals surface area contributed by atoms with Crippen molar-refractivity contribution in [3.8, 4) is 5.75 Å². The van der Waals surface area contributed by atoms with Crippen molar-refractivity contribution >= 4 is 28.8 Å². The van der Waals surface area contributed by atoms with Gasteiger partial charge in [-0.1, -0.05) is 18.2 Å². The summed E-state index contributed by atoms with van der Waals surface area (Å²) in [5.41, 5.74) is 0.722. The zero-order valence-electron chi connectivity index (χ0n) is 16.6. The van der Waals surface area contributed by atoms with Crippen LogP contribution in [0.1, 0.15) is 24.1 Å². The number of carbonyl (C=O) groups is 2. The number of nitrogens with zero attached hydrogens (tertiary/aromatic N) is 2. The van der Waals surface area contributed by atoms with Crippen LogP contribution in [0.5, 0.6) is 5.75 Å². The average molecular weight is 415 g/mol. The van der Waals surface area contributed by atoms with Gasteiger partial charge in [-0.25, -0.2) is 0 Å². The first kappa shape index (κ1) is 19.9. The molecule has 2 atom stereocenters. The number of hydrogen-bond donors (Lipinski definition) is 0. The fraction of sp³-hybridized carbons (Fsp3) is 0.455. The number of para-hydroxylation sites is 2. The van der Waals surface area contributed by atoms with Gasteiger partial charge in [0.15, 0.2) is 0 Å². The molecule has 1 aromatic heterocycles. The number of ether oxygens (including phenoxy) is 2. The summed E-state index contributed by atoms with van der Waals surface area (Å²) in [4.78, 5) is 30.8. The van der Waals surface area contributed by atoms with Crippen LogP contribution >= 0.6 is 11.3 Å². The van der Waals surface area contributed by atoms with Gasteiger partial charge in [0.2, 0.25) is 11.8 Å². The first-order valence-electron chi connectivity index (χ1n) is 10.0.